The quantitative estimate of drug-likeness (QED) is 0.630. The van der Waals surface area contributed by atoms with Crippen molar-refractivity contribution in [3.63, 3.8) is 0 Å². The van der Waals surface area contributed by atoms with Crippen molar-refractivity contribution in [3.8, 4) is 16.9 Å². The maximum absolute atomic E-state index is 13.3. The second-order valence-corrected chi connectivity index (χ2v) is 6.73. The van der Waals surface area contributed by atoms with Gasteiger partial charge >= 0.3 is 0 Å². The average Bonchev–Trinajstić information content (AvgIpc) is 3.11. The Labute approximate surface area is 164 Å². The molecular weight excluding hydrogens is 355 g/mol. The summed E-state index contributed by atoms with van der Waals surface area (Å²) in [7, 11) is 0. The molecule has 0 unspecified atom stereocenters. The number of benzene rings is 2. The molecule has 0 spiro atoms. The second-order valence-electron chi connectivity index (χ2n) is 6.73. The van der Waals surface area contributed by atoms with E-state index in [4.69, 9.17) is 0 Å². The molecule has 0 aliphatic carbocycles. The van der Waals surface area contributed by atoms with E-state index in [2.05, 4.69) is 15.7 Å². The van der Waals surface area contributed by atoms with E-state index in [1.54, 1.807) is 16.8 Å². The van der Waals surface area contributed by atoms with E-state index in [0.717, 1.165) is 23.4 Å². The lowest BCUT2D eigenvalue weighted by Crippen LogP contribution is -2.39. The van der Waals surface area contributed by atoms with Gasteiger partial charge in [0.2, 0.25) is 5.91 Å². The molecule has 28 heavy (non-hydrogen) atoms. The maximum atomic E-state index is 13.3. The van der Waals surface area contributed by atoms with Gasteiger partial charge in [-0.05, 0) is 49.9 Å². The van der Waals surface area contributed by atoms with Crippen LogP contribution in [0.4, 0.5) is 4.39 Å². The van der Waals surface area contributed by atoms with E-state index in [1.807, 2.05) is 50.4 Å². The monoisotopic (exact) mass is 380 g/mol. The molecule has 0 radical (unpaired) electrons. The fourth-order valence-corrected chi connectivity index (χ4v) is 3.03. The predicted octanol–water partition coefficient (Wildman–Crippen LogP) is 3.34. The van der Waals surface area contributed by atoms with Crippen molar-refractivity contribution >= 4 is 5.91 Å². The van der Waals surface area contributed by atoms with Crippen LogP contribution in [0.25, 0.3) is 16.9 Å². The standard InChI is InChI=1S/C22H25FN4O/c1-3-24-16(2)14-25-21(28)13-18-15-27(20-7-5-4-6-8-20)26-22(18)17-9-11-19(23)12-10-17/h4-12,15-16,24H,3,13-14H2,1-2H3,(H,25,28)/t16-/m1/s1. The zero-order valence-electron chi connectivity index (χ0n) is 16.2. The summed E-state index contributed by atoms with van der Waals surface area (Å²) in [5.41, 5.74) is 3.15. The van der Waals surface area contributed by atoms with Gasteiger partial charge in [0.15, 0.2) is 0 Å². The van der Waals surface area contributed by atoms with E-state index >= 15 is 0 Å². The van der Waals surface area contributed by atoms with Crippen LogP contribution in [0.2, 0.25) is 0 Å². The van der Waals surface area contributed by atoms with E-state index in [0.29, 0.717) is 12.2 Å². The van der Waals surface area contributed by atoms with Crippen molar-refractivity contribution in [3.05, 3.63) is 72.2 Å². The molecule has 3 aromatic rings. The molecule has 0 bridgehead atoms. The molecule has 0 aliphatic heterocycles. The van der Waals surface area contributed by atoms with E-state index in [9.17, 15) is 9.18 Å². The highest BCUT2D eigenvalue weighted by atomic mass is 19.1. The summed E-state index contributed by atoms with van der Waals surface area (Å²) in [5.74, 6) is -0.372. The van der Waals surface area contributed by atoms with E-state index in [-0.39, 0.29) is 24.2 Å². The normalized spacial score (nSPS) is 12.0. The minimum absolute atomic E-state index is 0.0688. The molecule has 0 fully saturated rings. The molecule has 146 valence electrons. The first-order chi connectivity index (χ1) is 13.6. The van der Waals surface area contributed by atoms with Gasteiger partial charge in [-0.3, -0.25) is 4.79 Å². The highest BCUT2D eigenvalue weighted by Crippen LogP contribution is 2.24. The number of amides is 1. The number of carbonyl (C=O) groups is 1. The van der Waals surface area contributed by atoms with Crippen molar-refractivity contribution in [1.82, 2.24) is 20.4 Å². The number of carbonyl (C=O) groups excluding carboxylic acids is 1. The van der Waals surface area contributed by atoms with Crippen molar-refractivity contribution in [1.29, 1.82) is 0 Å². The van der Waals surface area contributed by atoms with Crippen molar-refractivity contribution in [2.75, 3.05) is 13.1 Å². The summed E-state index contributed by atoms with van der Waals surface area (Å²) in [6, 6.07) is 16.1. The van der Waals surface area contributed by atoms with Crippen LogP contribution in [-0.4, -0.2) is 34.8 Å². The van der Waals surface area contributed by atoms with Gasteiger partial charge in [0.1, 0.15) is 5.82 Å². The summed E-state index contributed by atoms with van der Waals surface area (Å²) < 4.78 is 15.1. The third kappa shape index (κ3) is 5.04. The zero-order chi connectivity index (χ0) is 19.9. The van der Waals surface area contributed by atoms with Crippen LogP contribution >= 0.6 is 0 Å². The van der Waals surface area contributed by atoms with Gasteiger partial charge in [-0.2, -0.15) is 5.10 Å². The third-order valence-corrected chi connectivity index (χ3v) is 4.44. The van der Waals surface area contributed by atoms with Crippen molar-refractivity contribution in [2.24, 2.45) is 0 Å². The fourth-order valence-electron chi connectivity index (χ4n) is 3.03. The highest BCUT2D eigenvalue weighted by Gasteiger charge is 2.16. The minimum atomic E-state index is -0.303. The lowest BCUT2D eigenvalue weighted by atomic mass is 10.1. The molecule has 1 aromatic heterocycles. The molecular formula is C22H25FN4O. The molecule has 6 heteroatoms. The summed E-state index contributed by atoms with van der Waals surface area (Å²) >= 11 is 0. The first kappa shape index (κ1) is 19.8. The Bertz CT molecular complexity index is 906. The first-order valence-electron chi connectivity index (χ1n) is 9.46. The average molecular weight is 380 g/mol. The summed E-state index contributed by atoms with van der Waals surface area (Å²) in [4.78, 5) is 12.5. The molecule has 1 atom stereocenters. The molecule has 1 amide bonds. The molecule has 0 saturated carbocycles. The first-order valence-corrected chi connectivity index (χ1v) is 9.46. The summed E-state index contributed by atoms with van der Waals surface area (Å²) in [5, 5.41) is 10.9. The second kappa shape index (κ2) is 9.28. The Balaban J connectivity index is 1.84. The van der Waals surface area contributed by atoms with Gasteiger partial charge in [-0.25, -0.2) is 9.07 Å². The SMILES string of the molecule is CCN[C@H](C)CNC(=O)Cc1cn(-c2ccccc2)nc1-c1ccc(F)cc1. The van der Waals surface area contributed by atoms with Crippen LogP contribution < -0.4 is 10.6 Å². The molecule has 0 aliphatic rings. The third-order valence-electron chi connectivity index (χ3n) is 4.44. The maximum Gasteiger partial charge on any atom is 0.224 e. The van der Waals surface area contributed by atoms with Gasteiger partial charge in [0.05, 0.1) is 17.8 Å². The van der Waals surface area contributed by atoms with E-state index in [1.165, 1.54) is 12.1 Å². The van der Waals surface area contributed by atoms with Gasteiger partial charge in [0, 0.05) is 29.9 Å². The smallest absolute Gasteiger partial charge is 0.224 e. The molecule has 2 N–H and O–H groups in total. The molecule has 1 heterocycles. The van der Waals surface area contributed by atoms with Crippen LogP contribution in [0.15, 0.2) is 60.8 Å². The molecule has 2 aromatic carbocycles. The Morgan fingerprint density at radius 1 is 1.14 bits per heavy atom. The number of rotatable bonds is 8. The van der Waals surface area contributed by atoms with Crippen molar-refractivity contribution in [2.45, 2.75) is 26.3 Å². The number of para-hydroxylation sites is 1. The lowest BCUT2D eigenvalue weighted by molar-refractivity contribution is -0.120. The molecule has 5 nitrogen and oxygen atoms in total. The predicted molar refractivity (Wildman–Crippen MR) is 109 cm³/mol. The Hall–Kier alpha value is -2.99. The fraction of sp³-hybridized carbons (Fsp3) is 0.273. The van der Waals surface area contributed by atoms with E-state index < -0.39 is 0 Å². The number of aromatic nitrogens is 2. The minimum Gasteiger partial charge on any atom is -0.354 e. The van der Waals surface area contributed by atoms with Gasteiger partial charge in [-0.1, -0.05) is 25.1 Å². The number of nitrogens with one attached hydrogen (secondary N) is 2. The van der Waals surface area contributed by atoms with Crippen molar-refractivity contribution < 1.29 is 9.18 Å². The number of likely N-dealkylation sites (N-methyl/N-ethyl adjacent to an activating group) is 1. The highest BCUT2D eigenvalue weighted by molar-refractivity contribution is 5.81. The number of hydrogen-bond donors (Lipinski definition) is 2. The summed E-state index contributed by atoms with van der Waals surface area (Å²) in [6.07, 6.45) is 2.07. The van der Waals surface area contributed by atoms with Gasteiger partial charge < -0.3 is 10.6 Å². The van der Waals surface area contributed by atoms with Crippen LogP contribution in [0.3, 0.4) is 0 Å². The lowest BCUT2D eigenvalue weighted by Gasteiger charge is -2.13. The van der Waals surface area contributed by atoms with Crippen LogP contribution in [0.5, 0.6) is 0 Å². The van der Waals surface area contributed by atoms with Gasteiger partial charge in [0.25, 0.3) is 0 Å². The molecule has 0 saturated heterocycles. The van der Waals surface area contributed by atoms with Crippen LogP contribution in [0.1, 0.15) is 19.4 Å². The topological polar surface area (TPSA) is 58.9 Å². The zero-order valence-corrected chi connectivity index (χ0v) is 16.2. The Kier molecular flexibility index (Phi) is 6.55. The largest absolute Gasteiger partial charge is 0.354 e. The molecule has 3 rings (SSSR count). The Morgan fingerprint density at radius 3 is 2.54 bits per heavy atom. The number of nitrogens with zero attached hydrogens (tertiary/aromatic N) is 2. The number of halogens is 1. The summed E-state index contributed by atoms with van der Waals surface area (Å²) in [6.45, 7) is 5.48. The van der Waals surface area contributed by atoms with Crippen LogP contribution in [-0.2, 0) is 11.2 Å². The van der Waals surface area contributed by atoms with Crippen LogP contribution in [0, 0.1) is 5.82 Å². The van der Waals surface area contributed by atoms with Gasteiger partial charge in [-0.15, -0.1) is 0 Å². The Morgan fingerprint density at radius 2 is 1.86 bits per heavy atom. The number of hydrogen-bond acceptors (Lipinski definition) is 3.